The molecule has 0 bridgehead atoms. The zero-order valence-corrected chi connectivity index (χ0v) is 10.4. The lowest BCUT2D eigenvalue weighted by Crippen LogP contribution is -2.44. The normalized spacial score (nSPS) is 20.3. The van der Waals surface area contributed by atoms with E-state index >= 15 is 0 Å². The van der Waals surface area contributed by atoms with E-state index in [1.807, 2.05) is 18.2 Å². The highest BCUT2D eigenvalue weighted by molar-refractivity contribution is 9.10. The summed E-state index contributed by atoms with van der Waals surface area (Å²) in [5.74, 6) is 0.0496. The summed E-state index contributed by atoms with van der Waals surface area (Å²) in [5, 5.41) is 6.00. The number of amides is 1. The molecule has 1 saturated heterocycles. The average molecular weight is 284 g/mol. The fourth-order valence-electron chi connectivity index (χ4n) is 1.76. The fraction of sp³-hybridized carbons (Fsp3) is 0.364. The van der Waals surface area contributed by atoms with Crippen LogP contribution in [0.1, 0.15) is 12.8 Å². The third-order valence-corrected chi connectivity index (χ3v) is 3.12. The number of nitrogen functional groups attached to an aromatic ring is 1. The number of halogens is 1. The van der Waals surface area contributed by atoms with Crippen LogP contribution in [0.5, 0.6) is 0 Å². The Morgan fingerprint density at radius 2 is 2.31 bits per heavy atom. The van der Waals surface area contributed by atoms with E-state index in [1.165, 1.54) is 0 Å². The quantitative estimate of drug-likeness (QED) is 0.724. The molecule has 86 valence electrons. The fourth-order valence-corrected chi connectivity index (χ4v) is 2.14. The van der Waals surface area contributed by atoms with Crippen LogP contribution in [0.15, 0.2) is 22.7 Å². The lowest BCUT2D eigenvalue weighted by atomic mass is 10.1. The monoisotopic (exact) mass is 283 g/mol. The minimum Gasteiger partial charge on any atom is -0.397 e. The predicted octanol–water partition coefficient (Wildman–Crippen LogP) is 1.72. The molecule has 1 unspecified atom stereocenters. The maximum absolute atomic E-state index is 11.6. The van der Waals surface area contributed by atoms with Crippen molar-refractivity contribution in [2.45, 2.75) is 18.9 Å². The van der Waals surface area contributed by atoms with Crippen molar-refractivity contribution in [3.63, 3.8) is 0 Å². The molecule has 1 aromatic carbocycles. The predicted molar refractivity (Wildman–Crippen MR) is 68.2 cm³/mol. The molecule has 0 aliphatic carbocycles. The number of nitrogens with one attached hydrogen (secondary N) is 2. The third-order valence-electron chi connectivity index (χ3n) is 2.63. The van der Waals surface area contributed by atoms with Crippen LogP contribution in [-0.2, 0) is 4.79 Å². The van der Waals surface area contributed by atoms with Crippen LogP contribution in [0.3, 0.4) is 0 Å². The second kappa shape index (κ2) is 4.74. The number of piperidine rings is 1. The summed E-state index contributed by atoms with van der Waals surface area (Å²) in [6.07, 6.45) is 1.85. The van der Waals surface area contributed by atoms with Crippen molar-refractivity contribution in [1.82, 2.24) is 5.32 Å². The van der Waals surface area contributed by atoms with Crippen molar-refractivity contribution >= 4 is 33.2 Å². The molecule has 0 radical (unpaired) electrons. The minimum atomic E-state index is -0.169. The standard InChI is InChI=1S/C11H14BrN3O/c12-7-3-4-9(8(13)6-7)15-10-2-1-5-14-11(10)16/h3-4,6,10,15H,1-2,5,13H2,(H,14,16). The van der Waals surface area contributed by atoms with E-state index in [2.05, 4.69) is 26.6 Å². The number of nitrogens with two attached hydrogens (primary N) is 1. The molecule has 4 N–H and O–H groups in total. The summed E-state index contributed by atoms with van der Waals surface area (Å²) >= 11 is 3.35. The minimum absolute atomic E-state index is 0.0496. The van der Waals surface area contributed by atoms with Crippen molar-refractivity contribution in [3.8, 4) is 0 Å². The molecule has 5 heteroatoms. The Kier molecular flexibility index (Phi) is 3.33. The van der Waals surface area contributed by atoms with E-state index in [-0.39, 0.29) is 11.9 Å². The summed E-state index contributed by atoms with van der Waals surface area (Å²) in [7, 11) is 0. The molecule has 0 aromatic heterocycles. The topological polar surface area (TPSA) is 67.2 Å². The van der Waals surface area contributed by atoms with Gasteiger partial charge in [-0.1, -0.05) is 15.9 Å². The van der Waals surface area contributed by atoms with Gasteiger partial charge < -0.3 is 16.4 Å². The summed E-state index contributed by atoms with van der Waals surface area (Å²) in [6, 6.07) is 5.43. The van der Waals surface area contributed by atoms with E-state index in [9.17, 15) is 4.79 Å². The largest absolute Gasteiger partial charge is 0.397 e. The Labute approximate surface area is 103 Å². The van der Waals surface area contributed by atoms with Crippen molar-refractivity contribution in [1.29, 1.82) is 0 Å². The lowest BCUT2D eigenvalue weighted by molar-refractivity contribution is -0.123. The van der Waals surface area contributed by atoms with Gasteiger partial charge in [0.15, 0.2) is 0 Å². The van der Waals surface area contributed by atoms with Gasteiger partial charge in [-0.3, -0.25) is 4.79 Å². The Balaban J connectivity index is 2.10. The maximum atomic E-state index is 11.6. The molecule has 4 nitrogen and oxygen atoms in total. The number of carbonyl (C=O) groups excluding carboxylic acids is 1. The molecule has 1 aliphatic heterocycles. The first-order valence-corrected chi connectivity index (χ1v) is 6.05. The van der Waals surface area contributed by atoms with E-state index in [0.717, 1.165) is 29.5 Å². The molecule has 2 rings (SSSR count). The van der Waals surface area contributed by atoms with Crippen LogP contribution < -0.4 is 16.4 Å². The van der Waals surface area contributed by atoms with Gasteiger partial charge in [-0.05, 0) is 31.0 Å². The first-order chi connectivity index (χ1) is 7.66. The third kappa shape index (κ3) is 2.47. The van der Waals surface area contributed by atoms with Gasteiger partial charge in [0.1, 0.15) is 6.04 Å². The Morgan fingerprint density at radius 1 is 1.50 bits per heavy atom. The number of anilines is 2. The van der Waals surface area contributed by atoms with Crippen molar-refractivity contribution in [3.05, 3.63) is 22.7 Å². The van der Waals surface area contributed by atoms with Gasteiger partial charge in [-0.15, -0.1) is 0 Å². The molecule has 1 atom stereocenters. The number of hydrogen-bond acceptors (Lipinski definition) is 3. The van der Waals surface area contributed by atoms with Crippen LogP contribution in [0.4, 0.5) is 11.4 Å². The molecule has 0 saturated carbocycles. The van der Waals surface area contributed by atoms with Gasteiger partial charge >= 0.3 is 0 Å². The number of rotatable bonds is 2. The van der Waals surface area contributed by atoms with Crippen LogP contribution in [0.2, 0.25) is 0 Å². The van der Waals surface area contributed by atoms with Crippen LogP contribution in [0, 0.1) is 0 Å². The molecule has 16 heavy (non-hydrogen) atoms. The summed E-state index contributed by atoms with van der Waals surface area (Å²) in [5.41, 5.74) is 7.32. The molecule has 0 spiro atoms. The van der Waals surface area contributed by atoms with Gasteiger partial charge in [0.2, 0.25) is 5.91 Å². The molecule has 1 fully saturated rings. The Bertz CT molecular complexity index is 408. The number of benzene rings is 1. The van der Waals surface area contributed by atoms with Crippen LogP contribution >= 0.6 is 15.9 Å². The summed E-state index contributed by atoms with van der Waals surface area (Å²) in [4.78, 5) is 11.6. The Morgan fingerprint density at radius 3 is 3.00 bits per heavy atom. The molecule has 1 aromatic rings. The van der Waals surface area contributed by atoms with Gasteiger partial charge in [-0.25, -0.2) is 0 Å². The van der Waals surface area contributed by atoms with Gasteiger partial charge in [0.25, 0.3) is 0 Å². The van der Waals surface area contributed by atoms with Gasteiger partial charge in [0, 0.05) is 11.0 Å². The molecular weight excluding hydrogens is 270 g/mol. The van der Waals surface area contributed by atoms with E-state index < -0.39 is 0 Å². The molecular formula is C11H14BrN3O. The van der Waals surface area contributed by atoms with Crippen molar-refractivity contribution in [2.75, 3.05) is 17.6 Å². The van der Waals surface area contributed by atoms with E-state index in [0.29, 0.717) is 5.69 Å². The molecule has 1 heterocycles. The number of hydrogen-bond donors (Lipinski definition) is 3. The van der Waals surface area contributed by atoms with Crippen LogP contribution in [0.25, 0.3) is 0 Å². The van der Waals surface area contributed by atoms with E-state index in [4.69, 9.17) is 5.73 Å². The lowest BCUT2D eigenvalue weighted by Gasteiger charge is -2.24. The number of carbonyl (C=O) groups is 1. The first-order valence-electron chi connectivity index (χ1n) is 5.26. The van der Waals surface area contributed by atoms with Crippen LogP contribution in [-0.4, -0.2) is 18.5 Å². The second-order valence-electron chi connectivity index (χ2n) is 3.86. The van der Waals surface area contributed by atoms with Crippen molar-refractivity contribution < 1.29 is 4.79 Å². The van der Waals surface area contributed by atoms with Gasteiger partial charge in [-0.2, -0.15) is 0 Å². The molecule has 1 aliphatic rings. The smallest absolute Gasteiger partial charge is 0.242 e. The van der Waals surface area contributed by atoms with Crippen molar-refractivity contribution in [2.24, 2.45) is 0 Å². The average Bonchev–Trinajstić information content (AvgIpc) is 2.25. The second-order valence-corrected chi connectivity index (χ2v) is 4.78. The highest BCUT2D eigenvalue weighted by Gasteiger charge is 2.21. The highest BCUT2D eigenvalue weighted by Crippen LogP contribution is 2.24. The summed E-state index contributed by atoms with van der Waals surface area (Å²) < 4.78 is 0.934. The first kappa shape index (κ1) is 11.3. The Hall–Kier alpha value is -1.23. The SMILES string of the molecule is Nc1cc(Br)ccc1NC1CCCNC1=O. The molecule has 1 amide bonds. The summed E-state index contributed by atoms with van der Waals surface area (Å²) in [6.45, 7) is 0.771. The zero-order chi connectivity index (χ0) is 11.5. The highest BCUT2D eigenvalue weighted by atomic mass is 79.9. The van der Waals surface area contributed by atoms with E-state index in [1.54, 1.807) is 0 Å². The zero-order valence-electron chi connectivity index (χ0n) is 8.79. The maximum Gasteiger partial charge on any atom is 0.242 e. The van der Waals surface area contributed by atoms with Gasteiger partial charge in [0.05, 0.1) is 11.4 Å².